The van der Waals surface area contributed by atoms with Crippen molar-refractivity contribution in [2.75, 3.05) is 13.1 Å². The van der Waals surface area contributed by atoms with Gasteiger partial charge in [-0.05, 0) is 26.2 Å². The quantitative estimate of drug-likeness (QED) is 0.702. The van der Waals surface area contributed by atoms with Gasteiger partial charge in [-0.1, -0.05) is 13.8 Å². The normalized spacial score (nSPS) is 13.1. The van der Waals surface area contributed by atoms with Crippen LogP contribution in [0.2, 0.25) is 0 Å². The predicted molar refractivity (Wildman–Crippen MR) is 55.4 cm³/mol. The topological polar surface area (TPSA) is 46.3 Å². The van der Waals surface area contributed by atoms with Gasteiger partial charge in [0.1, 0.15) is 0 Å². The largest absolute Gasteiger partial charge is 0.342 e. The first-order valence-electron chi connectivity index (χ1n) is 5.07. The van der Waals surface area contributed by atoms with Gasteiger partial charge in [-0.3, -0.25) is 4.79 Å². The van der Waals surface area contributed by atoms with Gasteiger partial charge in [0.2, 0.25) is 5.91 Å². The van der Waals surface area contributed by atoms with Gasteiger partial charge in [0.05, 0.1) is 6.04 Å². The number of amides is 1. The second kappa shape index (κ2) is 5.97. The monoisotopic (exact) mass is 186 g/mol. The van der Waals surface area contributed by atoms with E-state index >= 15 is 0 Å². The van der Waals surface area contributed by atoms with Crippen LogP contribution in [0.1, 0.15) is 34.1 Å². The van der Waals surface area contributed by atoms with E-state index in [0.29, 0.717) is 5.92 Å². The van der Waals surface area contributed by atoms with Crippen LogP contribution in [0.3, 0.4) is 0 Å². The molecule has 2 N–H and O–H groups in total. The van der Waals surface area contributed by atoms with E-state index in [9.17, 15) is 4.79 Å². The molecule has 0 aromatic heterocycles. The average molecular weight is 186 g/mol. The summed E-state index contributed by atoms with van der Waals surface area (Å²) in [6, 6.07) is -0.320. The molecule has 1 atom stereocenters. The number of carbonyl (C=O) groups is 1. The van der Waals surface area contributed by atoms with Gasteiger partial charge in [0.25, 0.3) is 0 Å². The number of hydrogen-bond donors (Lipinski definition) is 1. The van der Waals surface area contributed by atoms with Crippen LogP contribution in [-0.2, 0) is 4.79 Å². The van der Waals surface area contributed by atoms with Crippen LogP contribution in [0.4, 0.5) is 0 Å². The van der Waals surface area contributed by atoms with Crippen LogP contribution >= 0.6 is 0 Å². The number of hydrogen-bond acceptors (Lipinski definition) is 2. The third kappa shape index (κ3) is 4.27. The molecule has 0 aromatic rings. The van der Waals surface area contributed by atoms with Gasteiger partial charge in [-0.25, -0.2) is 0 Å². The zero-order chi connectivity index (χ0) is 10.4. The molecule has 0 spiro atoms. The lowest BCUT2D eigenvalue weighted by Gasteiger charge is -2.23. The number of nitrogens with two attached hydrogens (primary N) is 1. The van der Waals surface area contributed by atoms with E-state index in [0.717, 1.165) is 19.5 Å². The van der Waals surface area contributed by atoms with E-state index in [1.165, 1.54) is 0 Å². The first kappa shape index (κ1) is 12.4. The van der Waals surface area contributed by atoms with E-state index in [4.69, 9.17) is 5.73 Å². The van der Waals surface area contributed by atoms with Crippen molar-refractivity contribution < 1.29 is 4.79 Å². The molecule has 0 rings (SSSR count). The Bertz CT molecular complexity index is 153. The molecule has 3 heteroatoms. The SMILES string of the molecule is CCN(CC)C(=O)[C@@H](N)CC(C)C. The maximum absolute atomic E-state index is 11.6. The lowest BCUT2D eigenvalue weighted by Crippen LogP contribution is -2.44. The molecule has 0 heterocycles. The van der Waals surface area contributed by atoms with Crippen molar-refractivity contribution >= 4 is 5.91 Å². The van der Waals surface area contributed by atoms with Crippen LogP contribution < -0.4 is 5.73 Å². The van der Waals surface area contributed by atoms with Crippen LogP contribution in [0, 0.1) is 5.92 Å². The molecule has 0 aliphatic rings. The maximum atomic E-state index is 11.6. The van der Waals surface area contributed by atoms with Crippen molar-refractivity contribution in [3.05, 3.63) is 0 Å². The first-order chi connectivity index (χ1) is 6.02. The van der Waals surface area contributed by atoms with E-state index < -0.39 is 0 Å². The summed E-state index contributed by atoms with van der Waals surface area (Å²) in [5, 5.41) is 0. The van der Waals surface area contributed by atoms with Gasteiger partial charge in [-0.2, -0.15) is 0 Å². The highest BCUT2D eigenvalue weighted by molar-refractivity contribution is 5.81. The van der Waals surface area contributed by atoms with Crippen molar-refractivity contribution in [1.29, 1.82) is 0 Å². The van der Waals surface area contributed by atoms with Crippen LogP contribution in [-0.4, -0.2) is 29.9 Å². The Morgan fingerprint density at radius 3 is 2.08 bits per heavy atom. The van der Waals surface area contributed by atoms with Crippen molar-refractivity contribution in [3.8, 4) is 0 Å². The molecule has 0 fully saturated rings. The minimum absolute atomic E-state index is 0.0821. The summed E-state index contributed by atoms with van der Waals surface area (Å²) in [5.74, 6) is 0.563. The molecule has 1 amide bonds. The summed E-state index contributed by atoms with van der Waals surface area (Å²) in [7, 11) is 0. The summed E-state index contributed by atoms with van der Waals surface area (Å²) in [4.78, 5) is 13.4. The molecule has 13 heavy (non-hydrogen) atoms. The Kier molecular flexibility index (Phi) is 5.71. The molecule has 0 radical (unpaired) electrons. The van der Waals surface area contributed by atoms with E-state index in [-0.39, 0.29) is 11.9 Å². The minimum Gasteiger partial charge on any atom is -0.342 e. The molecule has 0 saturated carbocycles. The molecular weight excluding hydrogens is 164 g/mol. The zero-order valence-corrected chi connectivity index (χ0v) is 9.21. The summed E-state index contributed by atoms with van der Waals surface area (Å²) in [5.41, 5.74) is 5.78. The second-order valence-electron chi connectivity index (χ2n) is 3.75. The molecule has 0 bridgehead atoms. The van der Waals surface area contributed by atoms with Crippen LogP contribution in [0.25, 0.3) is 0 Å². The number of carbonyl (C=O) groups excluding carboxylic acids is 1. The van der Waals surface area contributed by atoms with Crippen LogP contribution in [0.5, 0.6) is 0 Å². The van der Waals surface area contributed by atoms with Gasteiger partial charge in [0, 0.05) is 13.1 Å². The summed E-state index contributed by atoms with van der Waals surface area (Å²) in [6.45, 7) is 9.61. The van der Waals surface area contributed by atoms with Crippen molar-refractivity contribution in [2.45, 2.75) is 40.2 Å². The predicted octanol–water partition coefficient (Wildman–Crippen LogP) is 1.23. The van der Waals surface area contributed by atoms with E-state index in [2.05, 4.69) is 13.8 Å². The third-order valence-electron chi connectivity index (χ3n) is 2.12. The van der Waals surface area contributed by atoms with Crippen molar-refractivity contribution in [1.82, 2.24) is 4.90 Å². The number of nitrogens with zero attached hydrogens (tertiary/aromatic N) is 1. The third-order valence-corrected chi connectivity index (χ3v) is 2.12. The van der Waals surface area contributed by atoms with Crippen molar-refractivity contribution in [3.63, 3.8) is 0 Å². The van der Waals surface area contributed by atoms with Crippen molar-refractivity contribution in [2.24, 2.45) is 11.7 Å². The molecular formula is C10H22N2O. The minimum atomic E-state index is -0.320. The highest BCUT2D eigenvalue weighted by Crippen LogP contribution is 2.05. The first-order valence-corrected chi connectivity index (χ1v) is 5.07. The second-order valence-corrected chi connectivity index (χ2v) is 3.75. The molecule has 0 unspecified atom stereocenters. The average Bonchev–Trinajstić information content (AvgIpc) is 2.05. The molecule has 78 valence electrons. The molecule has 0 saturated heterocycles. The maximum Gasteiger partial charge on any atom is 0.239 e. The van der Waals surface area contributed by atoms with Gasteiger partial charge < -0.3 is 10.6 Å². The highest BCUT2D eigenvalue weighted by Gasteiger charge is 2.18. The fourth-order valence-electron chi connectivity index (χ4n) is 1.38. The lowest BCUT2D eigenvalue weighted by molar-refractivity contribution is -0.132. The molecule has 0 aliphatic heterocycles. The number of rotatable bonds is 5. The Labute approximate surface area is 81.3 Å². The molecule has 0 aromatic carbocycles. The van der Waals surface area contributed by atoms with Gasteiger partial charge >= 0.3 is 0 Å². The van der Waals surface area contributed by atoms with Crippen LogP contribution in [0.15, 0.2) is 0 Å². The Balaban J connectivity index is 4.07. The Morgan fingerprint density at radius 2 is 1.77 bits per heavy atom. The van der Waals surface area contributed by atoms with Gasteiger partial charge in [0.15, 0.2) is 0 Å². The summed E-state index contributed by atoms with van der Waals surface area (Å²) >= 11 is 0. The fraction of sp³-hybridized carbons (Fsp3) is 0.900. The molecule has 3 nitrogen and oxygen atoms in total. The smallest absolute Gasteiger partial charge is 0.239 e. The lowest BCUT2D eigenvalue weighted by atomic mass is 10.0. The summed E-state index contributed by atoms with van der Waals surface area (Å²) in [6.07, 6.45) is 0.773. The fourth-order valence-corrected chi connectivity index (χ4v) is 1.38. The van der Waals surface area contributed by atoms with E-state index in [1.807, 2.05) is 13.8 Å². The summed E-state index contributed by atoms with van der Waals surface area (Å²) < 4.78 is 0. The highest BCUT2D eigenvalue weighted by atomic mass is 16.2. The Morgan fingerprint density at radius 1 is 1.31 bits per heavy atom. The zero-order valence-electron chi connectivity index (χ0n) is 9.21. The number of likely N-dealkylation sites (N-methyl/N-ethyl adjacent to an activating group) is 1. The molecule has 0 aliphatic carbocycles. The van der Waals surface area contributed by atoms with E-state index in [1.54, 1.807) is 4.90 Å². The standard InChI is InChI=1S/C10H22N2O/c1-5-12(6-2)10(13)9(11)7-8(3)4/h8-9H,5-7,11H2,1-4H3/t9-/m0/s1. The Hall–Kier alpha value is -0.570. The van der Waals surface area contributed by atoms with Gasteiger partial charge in [-0.15, -0.1) is 0 Å².